The van der Waals surface area contributed by atoms with Crippen LogP contribution in [0.2, 0.25) is 0 Å². The second-order valence-corrected chi connectivity index (χ2v) is 5.11. The maximum Gasteiger partial charge on any atom is 0.118 e. The van der Waals surface area contributed by atoms with Gasteiger partial charge < -0.3 is 4.74 Å². The van der Waals surface area contributed by atoms with E-state index in [4.69, 9.17) is 4.74 Å². The molecule has 0 amide bonds. The molecule has 1 aliphatic heterocycles. The van der Waals surface area contributed by atoms with Gasteiger partial charge in [0.25, 0.3) is 0 Å². The molecule has 0 fully saturated rings. The molecule has 3 heteroatoms. The van der Waals surface area contributed by atoms with Crippen LogP contribution in [0.15, 0.2) is 54.6 Å². The first-order valence-electron chi connectivity index (χ1n) is 6.95. The Hall–Kier alpha value is -1.77. The van der Waals surface area contributed by atoms with Crippen molar-refractivity contribution in [3.63, 3.8) is 0 Å². The van der Waals surface area contributed by atoms with Crippen molar-refractivity contribution in [1.82, 2.24) is 4.90 Å². The third-order valence-electron chi connectivity index (χ3n) is 3.70. The van der Waals surface area contributed by atoms with Crippen LogP contribution >= 0.6 is 12.4 Å². The van der Waals surface area contributed by atoms with Gasteiger partial charge in [0.05, 0.1) is 7.11 Å². The highest BCUT2D eigenvalue weighted by Crippen LogP contribution is 2.21. The van der Waals surface area contributed by atoms with Crippen molar-refractivity contribution < 1.29 is 4.74 Å². The van der Waals surface area contributed by atoms with Crippen LogP contribution in [-0.2, 0) is 13.1 Å². The van der Waals surface area contributed by atoms with Gasteiger partial charge in [0, 0.05) is 19.6 Å². The fourth-order valence-electron chi connectivity index (χ4n) is 2.59. The lowest BCUT2D eigenvalue weighted by Gasteiger charge is -2.11. The van der Waals surface area contributed by atoms with Crippen molar-refractivity contribution in [2.75, 3.05) is 13.7 Å². The first kappa shape index (κ1) is 15.6. The molecule has 21 heavy (non-hydrogen) atoms. The van der Waals surface area contributed by atoms with E-state index >= 15 is 0 Å². The molecule has 0 N–H and O–H groups in total. The lowest BCUT2D eigenvalue weighted by molar-refractivity contribution is 0.317. The van der Waals surface area contributed by atoms with Gasteiger partial charge in [-0.2, -0.15) is 0 Å². The summed E-state index contributed by atoms with van der Waals surface area (Å²) < 4.78 is 5.16. The molecule has 3 rings (SSSR count). The van der Waals surface area contributed by atoms with E-state index in [0.717, 1.165) is 25.4 Å². The highest BCUT2D eigenvalue weighted by molar-refractivity contribution is 5.85. The van der Waals surface area contributed by atoms with Crippen LogP contribution in [0.4, 0.5) is 0 Å². The van der Waals surface area contributed by atoms with E-state index in [1.165, 1.54) is 16.7 Å². The Kier molecular flexibility index (Phi) is 5.43. The maximum absolute atomic E-state index is 5.16. The molecule has 110 valence electrons. The quantitative estimate of drug-likeness (QED) is 0.841. The van der Waals surface area contributed by atoms with Crippen molar-refractivity contribution >= 4 is 18.5 Å². The van der Waals surface area contributed by atoms with Crippen LogP contribution in [0.25, 0.3) is 6.08 Å². The second kappa shape index (κ2) is 7.30. The summed E-state index contributed by atoms with van der Waals surface area (Å²) in [5.41, 5.74) is 4.14. The van der Waals surface area contributed by atoms with E-state index in [9.17, 15) is 0 Å². The molecule has 0 saturated heterocycles. The van der Waals surface area contributed by atoms with Gasteiger partial charge in [-0.25, -0.2) is 0 Å². The summed E-state index contributed by atoms with van der Waals surface area (Å²) in [6, 6.07) is 16.8. The van der Waals surface area contributed by atoms with Crippen molar-refractivity contribution in [3.8, 4) is 5.75 Å². The summed E-state index contributed by atoms with van der Waals surface area (Å²) in [4.78, 5) is 2.45. The maximum atomic E-state index is 5.16. The van der Waals surface area contributed by atoms with Crippen LogP contribution in [-0.4, -0.2) is 18.6 Å². The number of fused-ring (bicyclic) bond motifs is 1. The zero-order chi connectivity index (χ0) is 13.8. The van der Waals surface area contributed by atoms with Crippen molar-refractivity contribution in [1.29, 1.82) is 0 Å². The number of hydrogen-bond donors (Lipinski definition) is 0. The summed E-state index contributed by atoms with van der Waals surface area (Å²) in [6.45, 7) is 3.10. The smallest absolute Gasteiger partial charge is 0.118 e. The van der Waals surface area contributed by atoms with E-state index in [1.807, 2.05) is 12.1 Å². The molecule has 0 saturated carbocycles. The average Bonchev–Trinajstić information content (AvgIpc) is 2.90. The van der Waals surface area contributed by atoms with Crippen molar-refractivity contribution in [2.24, 2.45) is 0 Å². The van der Waals surface area contributed by atoms with Gasteiger partial charge in [-0.1, -0.05) is 48.6 Å². The largest absolute Gasteiger partial charge is 0.497 e. The molecule has 2 aromatic carbocycles. The Morgan fingerprint density at radius 3 is 2.19 bits per heavy atom. The number of methoxy groups -OCH3 is 1. The fraction of sp³-hybridized carbons (Fsp3) is 0.222. The van der Waals surface area contributed by atoms with Gasteiger partial charge in [-0.05, 0) is 28.8 Å². The number of rotatable bonds is 4. The van der Waals surface area contributed by atoms with Crippen LogP contribution in [0.5, 0.6) is 5.75 Å². The van der Waals surface area contributed by atoms with Gasteiger partial charge in [0.2, 0.25) is 0 Å². The molecular weight excluding hydrogens is 282 g/mol. The lowest BCUT2D eigenvalue weighted by atomic mass is 10.1. The predicted molar refractivity (Wildman–Crippen MR) is 89.8 cm³/mol. The topological polar surface area (TPSA) is 12.5 Å². The Labute approximate surface area is 132 Å². The zero-order valence-electron chi connectivity index (χ0n) is 12.2. The minimum absolute atomic E-state index is 0. The third kappa shape index (κ3) is 3.87. The molecule has 0 atom stereocenters. The zero-order valence-corrected chi connectivity index (χ0v) is 13.0. The van der Waals surface area contributed by atoms with Gasteiger partial charge in [0.1, 0.15) is 5.75 Å². The molecule has 1 heterocycles. The van der Waals surface area contributed by atoms with E-state index in [-0.39, 0.29) is 12.4 Å². The third-order valence-corrected chi connectivity index (χ3v) is 3.70. The predicted octanol–water partition coefficient (Wildman–Crippen LogP) is 4.15. The average molecular weight is 302 g/mol. The Morgan fingerprint density at radius 1 is 1.00 bits per heavy atom. The molecule has 0 aromatic heterocycles. The summed E-state index contributed by atoms with van der Waals surface area (Å²) in [7, 11) is 1.69. The standard InChI is InChI=1S/C18H19NO.ClH/c1-20-18-10-8-15(9-11-18)5-4-12-19-13-16-6-2-3-7-17(16)14-19;/h2-11H,12-14H2,1H3;1H/b5-4+;. The van der Waals surface area contributed by atoms with Crippen LogP contribution in [0, 0.1) is 0 Å². The van der Waals surface area contributed by atoms with Gasteiger partial charge in [-0.15, -0.1) is 12.4 Å². The monoisotopic (exact) mass is 301 g/mol. The number of nitrogens with zero attached hydrogens (tertiary/aromatic N) is 1. The molecule has 0 aliphatic carbocycles. The summed E-state index contributed by atoms with van der Waals surface area (Å²) in [5, 5.41) is 0. The Bertz CT molecular complexity index is 582. The molecule has 2 nitrogen and oxygen atoms in total. The van der Waals surface area contributed by atoms with E-state index < -0.39 is 0 Å². The van der Waals surface area contributed by atoms with Crippen LogP contribution in [0.1, 0.15) is 16.7 Å². The first-order valence-corrected chi connectivity index (χ1v) is 6.95. The summed E-state index contributed by atoms with van der Waals surface area (Å²) >= 11 is 0. The Morgan fingerprint density at radius 2 is 1.62 bits per heavy atom. The molecule has 0 bridgehead atoms. The molecule has 1 aliphatic rings. The van der Waals surface area contributed by atoms with Crippen molar-refractivity contribution in [2.45, 2.75) is 13.1 Å². The number of halogens is 1. The highest BCUT2D eigenvalue weighted by Gasteiger charge is 2.16. The van der Waals surface area contributed by atoms with Gasteiger partial charge >= 0.3 is 0 Å². The van der Waals surface area contributed by atoms with Crippen molar-refractivity contribution in [3.05, 3.63) is 71.3 Å². The minimum atomic E-state index is 0. The van der Waals surface area contributed by atoms with E-state index in [1.54, 1.807) is 7.11 Å². The molecule has 0 spiro atoms. The molecule has 2 aromatic rings. The van der Waals surface area contributed by atoms with E-state index in [0.29, 0.717) is 0 Å². The number of hydrogen-bond acceptors (Lipinski definition) is 2. The number of benzene rings is 2. The van der Waals surface area contributed by atoms with Gasteiger partial charge in [0.15, 0.2) is 0 Å². The van der Waals surface area contributed by atoms with E-state index in [2.05, 4.69) is 53.5 Å². The SMILES string of the molecule is COc1ccc(/C=C/CN2Cc3ccccc3C2)cc1.Cl. The summed E-state index contributed by atoms with van der Waals surface area (Å²) in [6.07, 6.45) is 4.40. The number of ether oxygens (including phenoxy) is 1. The van der Waals surface area contributed by atoms with Crippen LogP contribution in [0.3, 0.4) is 0 Å². The Balaban J connectivity index is 0.00000161. The van der Waals surface area contributed by atoms with Crippen LogP contribution < -0.4 is 4.74 Å². The highest BCUT2D eigenvalue weighted by atomic mass is 35.5. The normalized spacial score (nSPS) is 14.0. The van der Waals surface area contributed by atoms with Gasteiger partial charge in [-0.3, -0.25) is 4.90 Å². The second-order valence-electron chi connectivity index (χ2n) is 5.11. The molecule has 0 radical (unpaired) electrons. The fourth-order valence-corrected chi connectivity index (χ4v) is 2.59. The molecular formula is C18H20ClNO. The minimum Gasteiger partial charge on any atom is -0.497 e. The first-order chi connectivity index (χ1) is 9.85. The lowest BCUT2D eigenvalue weighted by Crippen LogP contribution is -2.15. The summed E-state index contributed by atoms with van der Waals surface area (Å²) in [5.74, 6) is 0.900. The molecule has 0 unspecified atom stereocenters.